The minimum atomic E-state index is 0.778. The van der Waals surface area contributed by atoms with Crippen LogP contribution < -0.4 is 0 Å². The Morgan fingerprint density at radius 2 is 2.33 bits per heavy atom. The van der Waals surface area contributed by atoms with Crippen molar-refractivity contribution in [2.45, 2.75) is 13.0 Å². The van der Waals surface area contributed by atoms with Gasteiger partial charge in [0.25, 0.3) is 0 Å². The van der Waals surface area contributed by atoms with E-state index in [4.69, 9.17) is 11.6 Å². The van der Waals surface area contributed by atoms with Crippen LogP contribution in [-0.4, -0.2) is 23.0 Å². The van der Waals surface area contributed by atoms with E-state index >= 15 is 0 Å². The number of pyridine rings is 1. The Bertz CT molecular complexity index is 271. The molecule has 1 aliphatic heterocycles. The van der Waals surface area contributed by atoms with Crippen molar-refractivity contribution in [3.05, 3.63) is 29.0 Å². The second-order valence-corrected chi connectivity index (χ2v) is 3.53. The van der Waals surface area contributed by atoms with Crippen molar-refractivity contribution in [1.82, 2.24) is 9.88 Å². The Labute approximate surface area is 77.2 Å². The van der Waals surface area contributed by atoms with Crippen molar-refractivity contribution in [2.75, 3.05) is 13.1 Å². The molecule has 2 nitrogen and oxygen atoms in total. The Kier molecular flexibility index (Phi) is 2.28. The molecule has 1 fully saturated rings. The lowest BCUT2D eigenvalue weighted by Crippen LogP contribution is -2.36. The lowest BCUT2D eigenvalue weighted by molar-refractivity contribution is 0.170. The number of rotatable bonds is 2. The maximum Gasteiger partial charge on any atom is 0.0558 e. The summed E-state index contributed by atoms with van der Waals surface area (Å²) in [6.45, 7) is 3.35. The zero-order valence-corrected chi connectivity index (χ0v) is 7.59. The summed E-state index contributed by atoms with van der Waals surface area (Å²) in [4.78, 5) is 6.60. The average Bonchev–Trinajstić information content (AvgIpc) is 1.97. The molecule has 1 aromatic heterocycles. The lowest BCUT2D eigenvalue weighted by atomic mass is 10.2. The standard InChI is InChI=1S/C9H11ClN2/c10-8-2-3-11-9(6-8)7-12-4-1-5-12/h2-3,6H,1,4-5,7H2. The molecule has 0 bridgehead atoms. The maximum absolute atomic E-state index is 5.83. The summed E-state index contributed by atoms with van der Waals surface area (Å²) in [5.41, 5.74) is 1.07. The van der Waals surface area contributed by atoms with Gasteiger partial charge in [0, 0.05) is 17.8 Å². The zero-order chi connectivity index (χ0) is 8.39. The third-order valence-corrected chi connectivity index (χ3v) is 2.35. The van der Waals surface area contributed by atoms with E-state index in [1.807, 2.05) is 6.07 Å². The third kappa shape index (κ3) is 1.76. The van der Waals surface area contributed by atoms with E-state index < -0.39 is 0 Å². The molecule has 0 amide bonds. The minimum absolute atomic E-state index is 0.778. The van der Waals surface area contributed by atoms with Gasteiger partial charge >= 0.3 is 0 Å². The Morgan fingerprint density at radius 1 is 1.50 bits per heavy atom. The number of hydrogen-bond acceptors (Lipinski definition) is 2. The average molecular weight is 183 g/mol. The molecule has 1 saturated heterocycles. The Hall–Kier alpha value is -0.600. The Balaban J connectivity index is 2.02. The third-order valence-electron chi connectivity index (χ3n) is 2.11. The molecule has 64 valence electrons. The molecule has 0 aliphatic carbocycles. The fourth-order valence-electron chi connectivity index (χ4n) is 1.30. The summed E-state index contributed by atoms with van der Waals surface area (Å²) in [5, 5.41) is 0.778. The van der Waals surface area contributed by atoms with Crippen LogP contribution in [0.3, 0.4) is 0 Å². The predicted octanol–water partition coefficient (Wildman–Crippen LogP) is 1.94. The minimum Gasteiger partial charge on any atom is -0.297 e. The van der Waals surface area contributed by atoms with E-state index in [1.54, 1.807) is 12.3 Å². The van der Waals surface area contributed by atoms with Gasteiger partial charge in [-0.3, -0.25) is 9.88 Å². The molecule has 2 rings (SSSR count). The summed E-state index contributed by atoms with van der Waals surface area (Å²) in [6.07, 6.45) is 3.08. The van der Waals surface area contributed by atoms with Gasteiger partial charge in [-0.15, -0.1) is 0 Å². The van der Waals surface area contributed by atoms with Crippen LogP contribution in [-0.2, 0) is 6.54 Å². The molecule has 0 radical (unpaired) electrons. The van der Waals surface area contributed by atoms with E-state index in [1.165, 1.54) is 19.5 Å². The maximum atomic E-state index is 5.83. The summed E-state index contributed by atoms with van der Waals surface area (Å²) in [6, 6.07) is 3.74. The van der Waals surface area contributed by atoms with Crippen LogP contribution >= 0.6 is 11.6 Å². The van der Waals surface area contributed by atoms with Crippen molar-refractivity contribution < 1.29 is 0 Å². The van der Waals surface area contributed by atoms with Crippen LogP contribution in [0, 0.1) is 0 Å². The van der Waals surface area contributed by atoms with Gasteiger partial charge < -0.3 is 0 Å². The van der Waals surface area contributed by atoms with Gasteiger partial charge in [-0.1, -0.05) is 11.6 Å². The number of nitrogens with zero attached hydrogens (tertiary/aromatic N) is 2. The summed E-state index contributed by atoms with van der Waals surface area (Å²) in [5.74, 6) is 0. The largest absolute Gasteiger partial charge is 0.297 e. The molecule has 3 heteroatoms. The van der Waals surface area contributed by atoms with Crippen LogP contribution in [0.15, 0.2) is 18.3 Å². The summed E-state index contributed by atoms with van der Waals surface area (Å²) < 4.78 is 0. The quantitative estimate of drug-likeness (QED) is 0.695. The molecule has 1 aliphatic rings. The number of halogens is 1. The monoisotopic (exact) mass is 182 g/mol. The zero-order valence-electron chi connectivity index (χ0n) is 6.83. The molecule has 12 heavy (non-hydrogen) atoms. The van der Waals surface area contributed by atoms with Crippen LogP contribution in [0.25, 0.3) is 0 Å². The van der Waals surface area contributed by atoms with Crippen molar-refractivity contribution in [2.24, 2.45) is 0 Å². The molecule has 0 saturated carbocycles. The molecule has 2 heterocycles. The SMILES string of the molecule is Clc1ccnc(CN2CCC2)c1. The topological polar surface area (TPSA) is 16.1 Å². The molecule has 0 atom stereocenters. The molecule has 0 spiro atoms. The summed E-state index contributed by atoms with van der Waals surface area (Å²) in [7, 11) is 0. The van der Waals surface area contributed by atoms with Crippen molar-refractivity contribution >= 4 is 11.6 Å². The van der Waals surface area contributed by atoms with Crippen LogP contribution in [0.4, 0.5) is 0 Å². The van der Waals surface area contributed by atoms with Gasteiger partial charge in [0.05, 0.1) is 5.69 Å². The van der Waals surface area contributed by atoms with E-state index in [2.05, 4.69) is 9.88 Å². The van der Waals surface area contributed by atoms with Gasteiger partial charge in [0.15, 0.2) is 0 Å². The van der Waals surface area contributed by atoms with Gasteiger partial charge in [-0.25, -0.2) is 0 Å². The molecule has 1 aromatic rings. The van der Waals surface area contributed by atoms with Gasteiger partial charge in [-0.2, -0.15) is 0 Å². The first-order valence-electron chi connectivity index (χ1n) is 4.17. The van der Waals surface area contributed by atoms with Crippen LogP contribution in [0.5, 0.6) is 0 Å². The highest BCUT2D eigenvalue weighted by Gasteiger charge is 2.13. The van der Waals surface area contributed by atoms with E-state index in [-0.39, 0.29) is 0 Å². The van der Waals surface area contributed by atoms with Crippen molar-refractivity contribution in [1.29, 1.82) is 0 Å². The first-order valence-corrected chi connectivity index (χ1v) is 4.55. The fraction of sp³-hybridized carbons (Fsp3) is 0.444. The van der Waals surface area contributed by atoms with Gasteiger partial charge in [0.1, 0.15) is 0 Å². The first kappa shape index (κ1) is 8.02. The normalized spacial score (nSPS) is 17.4. The van der Waals surface area contributed by atoms with Crippen molar-refractivity contribution in [3.8, 4) is 0 Å². The molecule has 0 unspecified atom stereocenters. The van der Waals surface area contributed by atoms with Gasteiger partial charge in [-0.05, 0) is 31.6 Å². The first-order chi connectivity index (χ1) is 5.84. The molecule has 0 aromatic carbocycles. The van der Waals surface area contributed by atoms with E-state index in [9.17, 15) is 0 Å². The smallest absolute Gasteiger partial charge is 0.0558 e. The second-order valence-electron chi connectivity index (χ2n) is 3.10. The number of aromatic nitrogens is 1. The van der Waals surface area contributed by atoms with Gasteiger partial charge in [0.2, 0.25) is 0 Å². The second kappa shape index (κ2) is 3.42. The molecule has 0 N–H and O–H groups in total. The predicted molar refractivity (Wildman–Crippen MR) is 49.1 cm³/mol. The van der Waals surface area contributed by atoms with E-state index in [0.29, 0.717) is 0 Å². The van der Waals surface area contributed by atoms with Crippen LogP contribution in [0.2, 0.25) is 5.02 Å². The lowest BCUT2D eigenvalue weighted by Gasteiger charge is -2.30. The van der Waals surface area contributed by atoms with E-state index in [0.717, 1.165) is 17.3 Å². The van der Waals surface area contributed by atoms with Crippen LogP contribution in [0.1, 0.15) is 12.1 Å². The molecular weight excluding hydrogens is 172 g/mol. The highest BCUT2D eigenvalue weighted by Crippen LogP contribution is 2.13. The Morgan fingerprint density at radius 3 is 2.92 bits per heavy atom. The highest BCUT2D eigenvalue weighted by molar-refractivity contribution is 6.30. The summed E-state index contributed by atoms with van der Waals surface area (Å²) >= 11 is 5.83. The number of likely N-dealkylation sites (tertiary alicyclic amines) is 1. The fourth-order valence-corrected chi connectivity index (χ4v) is 1.49. The molecular formula is C9H11ClN2. The number of hydrogen-bond donors (Lipinski definition) is 0. The van der Waals surface area contributed by atoms with Crippen molar-refractivity contribution in [3.63, 3.8) is 0 Å². The highest BCUT2D eigenvalue weighted by atomic mass is 35.5.